The number of likely N-dealkylation sites (tertiary alicyclic amines) is 1. The zero-order valence-corrected chi connectivity index (χ0v) is 10.8. The van der Waals surface area contributed by atoms with Gasteiger partial charge >= 0.3 is 0 Å². The van der Waals surface area contributed by atoms with Crippen LogP contribution in [0.25, 0.3) is 0 Å². The van der Waals surface area contributed by atoms with Crippen LogP contribution in [0, 0.1) is 5.92 Å². The Morgan fingerprint density at radius 2 is 2.39 bits per heavy atom. The molecule has 2 saturated heterocycles. The molecule has 0 saturated carbocycles. The highest BCUT2D eigenvalue weighted by Crippen LogP contribution is 2.27. The van der Waals surface area contributed by atoms with Crippen LogP contribution in [-0.2, 0) is 13.1 Å². The van der Waals surface area contributed by atoms with Gasteiger partial charge in [0.05, 0.1) is 19.3 Å². The van der Waals surface area contributed by atoms with Gasteiger partial charge in [-0.15, -0.1) is 0 Å². The monoisotopic (exact) mass is 250 g/mol. The molecule has 0 amide bonds. The highest BCUT2D eigenvalue weighted by molar-refractivity contribution is 5.05. The van der Waals surface area contributed by atoms with Crippen molar-refractivity contribution >= 4 is 0 Å². The van der Waals surface area contributed by atoms with Crippen molar-refractivity contribution in [1.29, 1.82) is 0 Å². The molecule has 1 aromatic rings. The van der Waals surface area contributed by atoms with E-state index >= 15 is 0 Å². The number of aliphatic hydroxyl groups is 1. The van der Waals surface area contributed by atoms with E-state index in [4.69, 9.17) is 5.11 Å². The largest absolute Gasteiger partial charge is 0.394 e. The van der Waals surface area contributed by atoms with Gasteiger partial charge in [0, 0.05) is 30.9 Å². The third kappa shape index (κ3) is 2.43. The second-order valence-corrected chi connectivity index (χ2v) is 5.43. The van der Waals surface area contributed by atoms with Gasteiger partial charge in [0.15, 0.2) is 0 Å². The zero-order chi connectivity index (χ0) is 12.4. The predicted octanol–water partition coefficient (Wildman–Crippen LogP) is 0.0592. The summed E-state index contributed by atoms with van der Waals surface area (Å²) in [7, 11) is 0. The zero-order valence-electron chi connectivity index (χ0n) is 10.8. The van der Waals surface area contributed by atoms with Gasteiger partial charge in [-0.25, -0.2) is 0 Å². The summed E-state index contributed by atoms with van der Waals surface area (Å²) < 4.78 is 1.82. The number of rotatable bonds is 4. The molecule has 0 aromatic carbocycles. The van der Waals surface area contributed by atoms with Crippen molar-refractivity contribution in [2.45, 2.75) is 32.0 Å². The van der Waals surface area contributed by atoms with Gasteiger partial charge in [0.1, 0.15) is 0 Å². The van der Waals surface area contributed by atoms with Gasteiger partial charge in [-0.2, -0.15) is 5.10 Å². The van der Waals surface area contributed by atoms with Crippen LogP contribution < -0.4 is 5.32 Å². The summed E-state index contributed by atoms with van der Waals surface area (Å²) in [6.07, 6.45) is 6.68. The van der Waals surface area contributed by atoms with Gasteiger partial charge in [-0.3, -0.25) is 9.58 Å². The third-order valence-electron chi connectivity index (χ3n) is 4.19. The number of fused-ring (bicyclic) bond motifs is 1. The van der Waals surface area contributed by atoms with E-state index < -0.39 is 0 Å². The summed E-state index contributed by atoms with van der Waals surface area (Å²) in [5.41, 5.74) is 1.26. The molecule has 2 unspecified atom stereocenters. The fraction of sp³-hybridized carbons (Fsp3) is 0.769. The van der Waals surface area contributed by atoms with E-state index in [1.807, 2.05) is 10.9 Å². The van der Waals surface area contributed by atoms with Crippen molar-refractivity contribution in [1.82, 2.24) is 20.0 Å². The first-order valence-corrected chi connectivity index (χ1v) is 6.94. The average molecular weight is 250 g/mol. The number of aromatic nitrogens is 2. The fourth-order valence-corrected chi connectivity index (χ4v) is 3.31. The molecule has 2 aliphatic heterocycles. The SMILES string of the molecule is OCCn1cc(CN2CCCC3CNCC32)cn1. The van der Waals surface area contributed by atoms with Crippen molar-refractivity contribution in [2.75, 3.05) is 26.2 Å². The van der Waals surface area contributed by atoms with Crippen LogP contribution in [0.3, 0.4) is 0 Å². The highest BCUT2D eigenvalue weighted by atomic mass is 16.3. The van der Waals surface area contributed by atoms with Crippen LogP contribution in [0.1, 0.15) is 18.4 Å². The molecule has 1 aromatic heterocycles. The van der Waals surface area contributed by atoms with E-state index in [1.54, 1.807) is 0 Å². The molecule has 2 aliphatic rings. The Labute approximate surface area is 108 Å². The van der Waals surface area contributed by atoms with Crippen LogP contribution in [0.5, 0.6) is 0 Å². The first-order chi connectivity index (χ1) is 8.86. The molecule has 0 aliphatic carbocycles. The van der Waals surface area contributed by atoms with E-state index in [1.165, 1.54) is 31.5 Å². The van der Waals surface area contributed by atoms with Gasteiger partial charge in [-0.1, -0.05) is 0 Å². The molecule has 5 nitrogen and oxygen atoms in total. The van der Waals surface area contributed by atoms with Crippen molar-refractivity contribution in [3.05, 3.63) is 18.0 Å². The lowest BCUT2D eigenvalue weighted by atomic mass is 9.92. The number of nitrogens with one attached hydrogen (secondary N) is 1. The Kier molecular flexibility index (Phi) is 3.63. The minimum Gasteiger partial charge on any atom is -0.394 e. The van der Waals surface area contributed by atoms with E-state index in [0.29, 0.717) is 12.6 Å². The quantitative estimate of drug-likeness (QED) is 0.793. The predicted molar refractivity (Wildman–Crippen MR) is 69.1 cm³/mol. The average Bonchev–Trinajstić information content (AvgIpc) is 2.99. The molecule has 3 rings (SSSR count). The van der Waals surface area contributed by atoms with Gasteiger partial charge in [0.25, 0.3) is 0 Å². The highest BCUT2D eigenvalue weighted by Gasteiger charge is 2.34. The van der Waals surface area contributed by atoms with Crippen molar-refractivity contribution in [3.8, 4) is 0 Å². The van der Waals surface area contributed by atoms with E-state index in [9.17, 15) is 0 Å². The second kappa shape index (κ2) is 5.38. The summed E-state index contributed by atoms with van der Waals surface area (Å²) in [5.74, 6) is 0.839. The molecule has 2 N–H and O–H groups in total. The molecular formula is C13H22N4O. The summed E-state index contributed by atoms with van der Waals surface area (Å²) in [6.45, 7) is 5.26. The maximum absolute atomic E-state index is 8.89. The summed E-state index contributed by atoms with van der Waals surface area (Å²) in [6, 6.07) is 0.708. The van der Waals surface area contributed by atoms with Crippen LogP contribution in [0.15, 0.2) is 12.4 Å². The number of nitrogens with zero attached hydrogens (tertiary/aromatic N) is 3. The Morgan fingerprint density at radius 1 is 1.44 bits per heavy atom. The molecule has 0 bridgehead atoms. The Bertz CT molecular complexity index is 392. The number of aliphatic hydroxyl groups excluding tert-OH is 1. The molecule has 100 valence electrons. The van der Waals surface area contributed by atoms with Crippen LogP contribution in [-0.4, -0.2) is 52.1 Å². The van der Waals surface area contributed by atoms with Gasteiger partial charge < -0.3 is 10.4 Å². The van der Waals surface area contributed by atoms with E-state index in [2.05, 4.69) is 21.5 Å². The van der Waals surface area contributed by atoms with Crippen molar-refractivity contribution in [2.24, 2.45) is 5.92 Å². The Morgan fingerprint density at radius 3 is 3.28 bits per heavy atom. The van der Waals surface area contributed by atoms with E-state index in [-0.39, 0.29) is 6.61 Å². The number of hydrogen-bond acceptors (Lipinski definition) is 4. The lowest BCUT2D eigenvalue weighted by Gasteiger charge is -2.36. The molecular weight excluding hydrogens is 228 g/mol. The summed E-state index contributed by atoms with van der Waals surface area (Å²) in [4.78, 5) is 2.59. The topological polar surface area (TPSA) is 53.3 Å². The fourth-order valence-electron chi connectivity index (χ4n) is 3.31. The van der Waals surface area contributed by atoms with E-state index in [0.717, 1.165) is 19.0 Å². The summed E-state index contributed by atoms with van der Waals surface area (Å²) >= 11 is 0. The maximum atomic E-state index is 8.89. The third-order valence-corrected chi connectivity index (χ3v) is 4.19. The lowest BCUT2D eigenvalue weighted by molar-refractivity contribution is 0.117. The molecule has 2 fully saturated rings. The van der Waals surface area contributed by atoms with Gasteiger partial charge in [-0.05, 0) is 31.8 Å². The van der Waals surface area contributed by atoms with Crippen LogP contribution in [0.2, 0.25) is 0 Å². The first kappa shape index (κ1) is 12.1. The Hall–Kier alpha value is -0.910. The van der Waals surface area contributed by atoms with Gasteiger partial charge in [0.2, 0.25) is 0 Å². The lowest BCUT2D eigenvalue weighted by Crippen LogP contribution is -2.44. The first-order valence-electron chi connectivity index (χ1n) is 6.94. The normalized spacial score (nSPS) is 28.5. The summed E-state index contributed by atoms with van der Waals surface area (Å²) in [5, 5.41) is 16.7. The Balaban J connectivity index is 1.63. The second-order valence-electron chi connectivity index (χ2n) is 5.43. The minimum atomic E-state index is 0.152. The van der Waals surface area contributed by atoms with Crippen LogP contribution in [0.4, 0.5) is 0 Å². The van der Waals surface area contributed by atoms with Crippen LogP contribution >= 0.6 is 0 Å². The number of hydrogen-bond donors (Lipinski definition) is 2. The molecule has 5 heteroatoms. The molecule has 18 heavy (non-hydrogen) atoms. The molecule has 0 radical (unpaired) electrons. The minimum absolute atomic E-state index is 0.152. The molecule has 0 spiro atoms. The maximum Gasteiger partial charge on any atom is 0.0640 e. The number of piperidine rings is 1. The standard InChI is InChI=1S/C13H22N4O/c18-5-4-17-10-11(6-15-17)9-16-3-1-2-12-7-14-8-13(12)16/h6,10,12-14,18H,1-5,7-9H2. The molecule has 2 atom stereocenters. The molecule has 3 heterocycles. The smallest absolute Gasteiger partial charge is 0.0640 e. The van der Waals surface area contributed by atoms with Crippen molar-refractivity contribution in [3.63, 3.8) is 0 Å². The van der Waals surface area contributed by atoms with Crippen molar-refractivity contribution < 1.29 is 5.11 Å².